The molecule has 0 radical (unpaired) electrons. The van der Waals surface area contributed by atoms with E-state index in [4.69, 9.17) is 9.47 Å². The minimum absolute atomic E-state index is 0.300. The number of rotatable bonds is 9. The highest BCUT2D eigenvalue weighted by Gasteiger charge is 2.30. The number of benzene rings is 1. The smallest absolute Gasteiger partial charge is 0.416 e. The average Bonchev–Trinajstić information content (AvgIpc) is 2.75. The van der Waals surface area contributed by atoms with Crippen LogP contribution in [0.3, 0.4) is 0 Å². The predicted octanol–water partition coefficient (Wildman–Crippen LogP) is 5.66. The lowest BCUT2D eigenvalue weighted by molar-refractivity contribution is -0.137. The predicted molar refractivity (Wildman–Crippen MR) is 117 cm³/mol. The minimum atomic E-state index is -4.39. The zero-order chi connectivity index (χ0) is 22.7. The van der Waals surface area contributed by atoms with Gasteiger partial charge in [0.25, 0.3) is 0 Å². The second kappa shape index (κ2) is 12.1. The molecule has 1 aromatic carbocycles. The zero-order valence-corrected chi connectivity index (χ0v) is 18.0. The molecule has 0 aliphatic carbocycles. The van der Waals surface area contributed by atoms with E-state index in [9.17, 15) is 13.2 Å². The summed E-state index contributed by atoms with van der Waals surface area (Å²) in [5.74, 6) is 1.37. The molecule has 1 aliphatic heterocycles. The average molecular weight is 435 g/mol. The number of aliphatic imine (C=N–C) groups is 2. The van der Waals surface area contributed by atoms with Crippen molar-refractivity contribution < 1.29 is 22.6 Å². The van der Waals surface area contributed by atoms with Crippen LogP contribution in [0.4, 0.5) is 13.2 Å². The Labute approximate surface area is 181 Å². The highest BCUT2D eigenvalue weighted by molar-refractivity contribution is 6.49. The number of methoxy groups -OCH3 is 1. The molecular formula is C23H28F3N3O2. The van der Waals surface area contributed by atoms with Crippen LogP contribution in [0.2, 0.25) is 0 Å². The van der Waals surface area contributed by atoms with E-state index in [-0.39, 0.29) is 0 Å². The van der Waals surface area contributed by atoms with Gasteiger partial charge in [-0.15, -0.1) is 0 Å². The monoisotopic (exact) mass is 435 g/mol. The normalized spacial score (nSPS) is 18.6. The Kier molecular flexibility index (Phi) is 9.52. The first-order chi connectivity index (χ1) is 14.9. The third kappa shape index (κ3) is 7.40. The maximum Gasteiger partial charge on any atom is 0.416 e. The molecule has 1 heterocycles. The van der Waals surface area contributed by atoms with Crippen molar-refractivity contribution in [2.24, 2.45) is 9.98 Å². The molecule has 1 N–H and O–H groups in total. The van der Waals surface area contributed by atoms with Gasteiger partial charge in [-0.05, 0) is 44.0 Å². The van der Waals surface area contributed by atoms with Crippen LogP contribution in [-0.4, -0.2) is 31.8 Å². The summed E-state index contributed by atoms with van der Waals surface area (Å²) in [7, 11) is 1.64. The number of amidine groups is 1. The first kappa shape index (κ1) is 24.4. The van der Waals surface area contributed by atoms with E-state index in [0.29, 0.717) is 36.2 Å². The molecule has 0 aromatic heterocycles. The number of hydrogen-bond acceptors (Lipinski definition) is 4. The fourth-order valence-electron chi connectivity index (χ4n) is 2.73. The number of nitrogens with zero attached hydrogens (tertiary/aromatic N) is 2. The van der Waals surface area contributed by atoms with Gasteiger partial charge in [-0.3, -0.25) is 9.98 Å². The minimum Gasteiger partial charge on any atom is -0.455 e. The van der Waals surface area contributed by atoms with E-state index in [1.807, 2.05) is 19.1 Å². The SMILES string of the molecule is C\C=C/N=C1\C(=NCCCOC)NC=C(Oc2ccc(C(F)(F)F)cc2)\C1=C/CCC. The number of halogens is 3. The Morgan fingerprint density at radius 2 is 1.90 bits per heavy atom. The lowest BCUT2D eigenvalue weighted by Crippen LogP contribution is -2.35. The molecular weight excluding hydrogens is 407 g/mol. The van der Waals surface area contributed by atoms with Gasteiger partial charge in [-0.25, -0.2) is 0 Å². The molecule has 2 rings (SSSR count). The number of hydrogen-bond donors (Lipinski definition) is 1. The molecule has 0 atom stereocenters. The van der Waals surface area contributed by atoms with Crippen molar-refractivity contribution in [2.45, 2.75) is 39.3 Å². The van der Waals surface area contributed by atoms with Crippen LogP contribution < -0.4 is 10.1 Å². The molecule has 1 aromatic rings. The van der Waals surface area contributed by atoms with Crippen LogP contribution in [0.25, 0.3) is 0 Å². The van der Waals surface area contributed by atoms with Gasteiger partial charge >= 0.3 is 6.18 Å². The second-order valence-electron chi connectivity index (χ2n) is 6.72. The van der Waals surface area contributed by atoms with Gasteiger partial charge in [0.05, 0.1) is 5.56 Å². The van der Waals surface area contributed by atoms with Gasteiger partial charge in [0.15, 0.2) is 11.6 Å². The summed E-state index contributed by atoms with van der Waals surface area (Å²) in [6, 6.07) is 4.61. The Morgan fingerprint density at radius 3 is 2.52 bits per heavy atom. The number of allylic oxidation sites excluding steroid dienone is 3. The molecule has 0 spiro atoms. The molecule has 0 saturated carbocycles. The van der Waals surface area contributed by atoms with Crippen LogP contribution in [0.5, 0.6) is 5.75 Å². The summed E-state index contributed by atoms with van der Waals surface area (Å²) >= 11 is 0. The first-order valence-electron chi connectivity index (χ1n) is 10.2. The summed E-state index contributed by atoms with van der Waals surface area (Å²) < 4.78 is 49.5. The number of unbranched alkanes of at least 4 members (excludes halogenated alkanes) is 1. The van der Waals surface area contributed by atoms with Crippen molar-refractivity contribution in [3.8, 4) is 5.75 Å². The fourth-order valence-corrected chi connectivity index (χ4v) is 2.73. The van der Waals surface area contributed by atoms with Gasteiger partial charge < -0.3 is 14.8 Å². The molecule has 5 nitrogen and oxygen atoms in total. The zero-order valence-electron chi connectivity index (χ0n) is 18.0. The topological polar surface area (TPSA) is 55.2 Å². The van der Waals surface area contributed by atoms with Crippen molar-refractivity contribution in [2.75, 3.05) is 20.3 Å². The Balaban J connectivity index is 2.35. The van der Waals surface area contributed by atoms with Gasteiger partial charge in [0.1, 0.15) is 11.5 Å². The van der Waals surface area contributed by atoms with E-state index in [2.05, 4.69) is 22.2 Å². The lowest BCUT2D eigenvalue weighted by Gasteiger charge is -2.22. The van der Waals surface area contributed by atoms with E-state index in [1.165, 1.54) is 12.1 Å². The third-order valence-corrected chi connectivity index (χ3v) is 4.26. The second-order valence-corrected chi connectivity index (χ2v) is 6.72. The van der Waals surface area contributed by atoms with Crippen LogP contribution >= 0.6 is 0 Å². The van der Waals surface area contributed by atoms with E-state index < -0.39 is 11.7 Å². The molecule has 0 fully saturated rings. The summed E-state index contributed by atoms with van der Waals surface area (Å²) in [5.41, 5.74) is 0.635. The van der Waals surface area contributed by atoms with Crippen molar-refractivity contribution in [1.29, 1.82) is 0 Å². The maximum absolute atomic E-state index is 12.8. The first-order valence-corrected chi connectivity index (χ1v) is 10.2. The number of nitrogens with one attached hydrogen (secondary N) is 1. The summed E-state index contributed by atoms with van der Waals surface area (Å²) in [5, 5.41) is 3.10. The molecule has 0 amide bonds. The van der Waals surface area contributed by atoms with Crippen molar-refractivity contribution >= 4 is 11.5 Å². The summed E-state index contributed by atoms with van der Waals surface area (Å²) in [4.78, 5) is 9.12. The largest absolute Gasteiger partial charge is 0.455 e. The summed E-state index contributed by atoms with van der Waals surface area (Å²) in [6.45, 7) is 5.09. The molecule has 0 bridgehead atoms. The van der Waals surface area contributed by atoms with E-state index >= 15 is 0 Å². The van der Waals surface area contributed by atoms with Gasteiger partial charge in [0.2, 0.25) is 0 Å². The third-order valence-electron chi connectivity index (χ3n) is 4.26. The maximum atomic E-state index is 12.8. The van der Waals surface area contributed by atoms with E-state index in [1.54, 1.807) is 19.5 Å². The van der Waals surface area contributed by atoms with Crippen molar-refractivity contribution in [1.82, 2.24) is 5.32 Å². The molecule has 8 heteroatoms. The van der Waals surface area contributed by atoms with Gasteiger partial charge in [0, 0.05) is 38.2 Å². The molecule has 0 unspecified atom stereocenters. The number of alkyl halides is 3. The molecule has 168 valence electrons. The summed E-state index contributed by atoms with van der Waals surface area (Å²) in [6.07, 6.45) is 5.22. The lowest BCUT2D eigenvalue weighted by atomic mass is 10.0. The van der Waals surface area contributed by atoms with Crippen LogP contribution in [0.15, 0.2) is 70.1 Å². The molecule has 31 heavy (non-hydrogen) atoms. The quantitative estimate of drug-likeness (QED) is 0.509. The van der Waals surface area contributed by atoms with E-state index in [0.717, 1.165) is 37.0 Å². The highest BCUT2D eigenvalue weighted by atomic mass is 19.4. The fraction of sp³-hybridized carbons (Fsp3) is 0.391. The Hall–Kier alpha value is -2.87. The highest BCUT2D eigenvalue weighted by Crippen LogP contribution is 2.31. The standard InChI is InChI=1S/C23H28F3N3O2/c1-4-6-8-19-20(31-18-11-9-17(10-12-18)23(24,25)26)16-29-22(21(19)27-13-5-2)28-14-7-15-30-3/h5,8-13,16H,4,6-7,14-15H2,1-3H3,(H,28,29)/b13-5-,19-8+,27-21-. The molecule has 1 aliphatic rings. The van der Waals surface area contributed by atoms with Crippen molar-refractivity contribution in [3.63, 3.8) is 0 Å². The van der Waals surface area contributed by atoms with Crippen LogP contribution in [0, 0.1) is 0 Å². The molecule has 0 saturated heterocycles. The number of ether oxygens (including phenoxy) is 2. The Morgan fingerprint density at radius 1 is 1.16 bits per heavy atom. The van der Waals surface area contributed by atoms with Crippen LogP contribution in [0.1, 0.15) is 38.7 Å². The van der Waals surface area contributed by atoms with Gasteiger partial charge in [-0.1, -0.05) is 25.5 Å². The Bertz CT molecular complexity index is 867. The van der Waals surface area contributed by atoms with Crippen molar-refractivity contribution in [3.05, 3.63) is 65.7 Å². The van der Waals surface area contributed by atoms with Crippen LogP contribution in [-0.2, 0) is 10.9 Å². The van der Waals surface area contributed by atoms with Gasteiger partial charge in [-0.2, -0.15) is 13.2 Å².